The number of fused-ring (bicyclic) bond motifs is 1. The summed E-state index contributed by atoms with van der Waals surface area (Å²) >= 11 is 0. The molecular formula is C20H22N8O2. The first-order chi connectivity index (χ1) is 14.6. The first-order valence-corrected chi connectivity index (χ1v) is 9.42. The van der Waals surface area contributed by atoms with Gasteiger partial charge in [0.2, 0.25) is 5.95 Å². The fraction of sp³-hybridized carbons (Fsp3) is 0.250. The third-order valence-electron chi connectivity index (χ3n) is 4.45. The minimum absolute atomic E-state index is 0.135. The SMILES string of the molecule is COCCNC(=O)c1cccc(Cn2ncc3cnc(Nc4cnn(C)c4)nc32)c1. The van der Waals surface area contributed by atoms with Crippen molar-refractivity contribution < 1.29 is 9.53 Å². The summed E-state index contributed by atoms with van der Waals surface area (Å²) in [6, 6.07) is 7.45. The summed E-state index contributed by atoms with van der Waals surface area (Å²) in [6.45, 7) is 1.42. The molecule has 10 heteroatoms. The molecule has 0 fully saturated rings. The Balaban J connectivity index is 1.53. The molecule has 154 valence electrons. The van der Waals surface area contributed by atoms with Crippen LogP contribution in [0.4, 0.5) is 11.6 Å². The Morgan fingerprint density at radius 3 is 2.90 bits per heavy atom. The highest BCUT2D eigenvalue weighted by molar-refractivity contribution is 5.94. The van der Waals surface area contributed by atoms with Gasteiger partial charge in [-0.1, -0.05) is 12.1 Å². The molecule has 3 heterocycles. The Labute approximate surface area is 172 Å². The predicted octanol–water partition coefficient (Wildman–Crippen LogP) is 1.73. The number of amides is 1. The quantitative estimate of drug-likeness (QED) is 0.429. The Bertz CT molecular complexity index is 1170. The van der Waals surface area contributed by atoms with Gasteiger partial charge < -0.3 is 15.4 Å². The molecule has 10 nitrogen and oxygen atoms in total. The van der Waals surface area contributed by atoms with E-state index in [1.165, 1.54) is 0 Å². The molecule has 4 rings (SSSR count). The van der Waals surface area contributed by atoms with E-state index in [0.717, 1.165) is 16.6 Å². The third-order valence-corrected chi connectivity index (χ3v) is 4.45. The monoisotopic (exact) mass is 406 g/mol. The Morgan fingerprint density at radius 1 is 1.20 bits per heavy atom. The van der Waals surface area contributed by atoms with Crippen LogP contribution in [-0.4, -0.2) is 55.7 Å². The largest absolute Gasteiger partial charge is 0.383 e. The molecule has 2 N–H and O–H groups in total. The zero-order valence-electron chi connectivity index (χ0n) is 16.7. The van der Waals surface area contributed by atoms with Crippen LogP contribution in [-0.2, 0) is 18.3 Å². The lowest BCUT2D eigenvalue weighted by Crippen LogP contribution is -2.27. The Hall–Kier alpha value is -3.79. The predicted molar refractivity (Wildman–Crippen MR) is 112 cm³/mol. The number of hydrogen-bond donors (Lipinski definition) is 2. The maximum atomic E-state index is 12.3. The molecule has 1 aromatic carbocycles. The van der Waals surface area contributed by atoms with Crippen molar-refractivity contribution in [2.24, 2.45) is 7.05 Å². The van der Waals surface area contributed by atoms with Crippen LogP contribution in [0.2, 0.25) is 0 Å². The summed E-state index contributed by atoms with van der Waals surface area (Å²) in [6.07, 6.45) is 7.00. The summed E-state index contributed by atoms with van der Waals surface area (Å²) in [5.74, 6) is 0.327. The van der Waals surface area contributed by atoms with Gasteiger partial charge in [-0.3, -0.25) is 9.48 Å². The number of nitrogens with zero attached hydrogens (tertiary/aromatic N) is 6. The summed E-state index contributed by atoms with van der Waals surface area (Å²) < 4.78 is 8.45. The molecule has 1 amide bonds. The van der Waals surface area contributed by atoms with Crippen molar-refractivity contribution in [1.29, 1.82) is 0 Å². The lowest BCUT2D eigenvalue weighted by atomic mass is 10.1. The maximum Gasteiger partial charge on any atom is 0.251 e. The molecule has 0 radical (unpaired) electrons. The zero-order chi connectivity index (χ0) is 20.9. The molecule has 0 spiro atoms. The van der Waals surface area contributed by atoms with Gasteiger partial charge in [0, 0.05) is 38.7 Å². The molecule has 0 saturated heterocycles. The van der Waals surface area contributed by atoms with Gasteiger partial charge in [0.25, 0.3) is 5.91 Å². The van der Waals surface area contributed by atoms with Crippen molar-refractivity contribution in [3.05, 3.63) is 60.2 Å². The van der Waals surface area contributed by atoms with Crippen molar-refractivity contribution in [3.63, 3.8) is 0 Å². The number of carbonyl (C=O) groups excluding carboxylic acids is 1. The standard InChI is InChI=1S/C20H22N8O2/c1-27-13-17(11-23-27)25-20-22-9-16-10-24-28(18(16)26-20)12-14-4-3-5-15(8-14)19(29)21-6-7-30-2/h3-5,8-11,13H,6-7,12H2,1-2H3,(H,21,29)(H,22,25,26). The molecule has 30 heavy (non-hydrogen) atoms. The van der Waals surface area contributed by atoms with Gasteiger partial charge in [-0.15, -0.1) is 0 Å². The maximum absolute atomic E-state index is 12.3. The first-order valence-electron chi connectivity index (χ1n) is 9.42. The average Bonchev–Trinajstić information content (AvgIpc) is 3.34. The fourth-order valence-corrected chi connectivity index (χ4v) is 3.01. The van der Waals surface area contributed by atoms with Crippen molar-refractivity contribution in [3.8, 4) is 0 Å². The zero-order valence-corrected chi connectivity index (χ0v) is 16.7. The molecule has 0 atom stereocenters. The van der Waals surface area contributed by atoms with Crippen LogP contribution in [0, 0.1) is 0 Å². The topological polar surface area (TPSA) is 112 Å². The van der Waals surface area contributed by atoms with Crippen molar-refractivity contribution in [1.82, 2.24) is 34.8 Å². The average molecular weight is 406 g/mol. The molecule has 0 aliphatic rings. The van der Waals surface area contributed by atoms with Crippen molar-refractivity contribution in [2.45, 2.75) is 6.54 Å². The van der Waals surface area contributed by atoms with Crippen molar-refractivity contribution in [2.75, 3.05) is 25.6 Å². The van der Waals surface area contributed by atoms with Gasteiger partial charge in [0.05, 0.1) is 36.6 Å². The van der Waals surface area contributed by atoms with Crippen LogP contribution in [0.3, 0.4) is 0 Å². The number of aryl methyl sites for hydroxylation is 1. The van der Waals surface area contributed by atoms with E-state index in [4.69, 9.17) is 4.74 Å². The third kappa shape index (κ3) is 4.44. The number of methoxy groups -OCH3 is 1. The summed E-state index contributed by atoms with van der Waals surface area (Å²) in [5.41, 5.74) is 3.04. The molecule has 0 unspecified atom stereocenters. The Morgan fingerprint density at radius 2 is 2.10 bits per heavy atom. The molecule has 0 aliphatic carbocycles. The molecule has 0 aliphatic heterocycles. The summed E-state index contributed by atoms with van der Waals surface area (Å²) in [7, 11) is 3.44. The van der Waals surface area contributed by atoms with E-state index in [1.807, 2.05) is 31.4 Å². The Kier molecular flexibility index (Phi) is 5.66. The van der Waals surface area contributed by atoms with Crippen LogP contribution in [0.15, 0.2) is 49.1 Å². The minimum atomic E-state index is -0.135. The normalized spacial score (nSPS) is 11.0. The van der Waals surface area contributed by atoms with Crippen LogP contribution < -0.4 is 10.6 Å². The lowest BCUT2D eigenvalue weighted by Gasteiger charge is -2.08. The second kappa shape index (κ2) is 8.70. The van der Waals surface area contributed by atoms with E-state index in [-0.39, 0.29) is 5.91 Å². The van der Waals surface area contributed by atoms with Gasteiger partial charge >= 0.3 is 0 Å². The van der Waals surface area contributed by atoms with Gasteiger partial charge in [-0.25, -0.2) is 9.67 Å². The van der Waals surface area contributed by atoms with E-state index in [0.29, 0.717) is 36.9 Å². The smallest absolute Gasteiger partial charge is 0.251 e. The van der Waals surface area contributed by atoms with E-state index < -0.39 is 0 Å². The minimum Gasteiger partial charge on any atom is -0.383 e. The number of anilines is 2. The van der Waals surface area contributed by atoms with Gasteiger partial charge in [0.1, 0.15) is 0 Å². The number of ether oxygens (including phenoxy) is 1. The van der Waals surface area contributed by atoms with Crippen LogP contribution in [0.25, 0.3) is 11.0 Å². The van der Waals surface area contributed by atoms with Crippen LogP contribution >= 0.6 is 0 Å². The second-order valence-corrected chi connectivity index (χ2v) is 6.75. The van der Waals surface area contributed by atoms with E-state index in [1.54, 1.807) is 41.1 Å². The highest BCUT2D eigenvalue weighted by atomic mass is 16.5. The van der Waals surface area contributed by atoms with E-state index in [9.17, 15) is 4.79 Å². The van der Waals surface area contributed by atoms with Crippen molar-refractivity contribution >= 4 is 28.6 Å². The lowest BCUT2D eigenvalue weighted by molar-refractivity contribution is 0.0937. The fourth-order valence-electron chi connectivity index (χ4n) is 3.01. The first kappa shape index (κ1) is 19.5. The highest BCUT2D eigenvalue weighted by Crippen LogP contribution is 2.17. The molecule has 4 aromatic rings. The number of aromatic nitrogens is 6. The number of carbonyl (C=O) groups is 1. The van der Waals surface area contributed by atoms with Gasteiger partial charge in [0.15, 0.2) is 5.65 Å². The second-order valence-electron chi connectivity index (χ2n) is 6.75. The number of hydrogen-bond acceptors (Lipinski definition) is 7. The van der Waals surface area contributed by atoms with Crippen LogP contribution in [0.5, 0.6) is 0 Å². The van der Waals surface area contributed by atoms with Crippen LogP contribution in [0.1, 0.15) is 15.9 Å². The molecule has 0 bridgehead atoms. The highest BCUT2D eigenvalue weighted by Gasteiger charge is 2.10. The van der Waals surface area contributed by atoms with E-state index >= 15 is 0 Å². The molecular weight excluding hydrogens is 384 g/mol. The number of benzene rings is 1. The van der Waals surface area contributed by atoms with E-state index in [2.05, 4.69) is 30.8 Å². The summed E-state index contributed by atoms with van der Waals surface area (Å²) in [4.78, 5) is 21.2. The number of nitrogens with one attached hydrogen (secondary N) is 2. The summed E-state index contributed by atoms with van der Waals surface area (Å²) in [5, 5.41) is 15.4. The van der Waals surface area contributed by atoms with Gasteiger partial charge in [-0.05, 0) is 17.7 Å². The number of rotatable bonds is 8. The van der Waals surface area contributed by atoms with Gasteiger partial charge in [-0.2, -0.15) is 15.2 Å². The molecule has 0 saturated carbocycles. The molecule has 3 aromatic heterocycles.